The lowest BCUT2D eigenvalue weighted by Gasteiger charge is -2.27. The average Bonchev–Trinajstić information content (AvgIpc) is 3.83. The molecule has 0 aliphatic carbocycles. The highest BCUT2D eigenvalue weighted by molar-refractivity contribution is 5.91. The van der Waals surface area contributed by atoms with E-state index in [9.17, 15) is 9.59 Å². The highest BCUT2D eigenvalue weighted by atomic mass is 16.5. The Bertz CT molecular complexity index is 1620. The van der Waals surface area contributed by atoms with Crippen molar-refractivity contribution in [1.29, 1.82) is 0 Å². The number of aryl methyl sites for hydroxylation is 1. The van der Waals surface area contributed by atoms with Crippen molar-refractivity contribution in [1.82, 2.24) is 30.5 Å². The van der Waals surface area contributed by atoms with Crippen molar-refractivity contribution in [2.75, 3.05) is 19.7 Å². The van der Waals surface area contributed by atoms with Crippen LogP contribution in [0.5, 0.6) is 5.75 Å². The monoisotopic (exact) mass is 564 g/mol. The topological polar surface area (TPSA) is 101 Å². The first-order valence-electron chi connectivity index (χ1n) is 14.9. The fraction of sp³-hybridized carbons (Fsp3) is 0.394. The molecule has 3 aliphatic rings. The summed E-state index contributed by atoms with van der Waals surface area (Å²) in [6, 6.07) is 21.7. The summed E-state index contributed by atoms with van der Waals surface area (Å²) in [4.78, 5) is 29.5. The van der Waals surface area contributed by atoms with E-state index < -0.39 is 6.04 Å². The number of nitrogens with zero attached hydrogens (tertiary/aromatic N) is 4. The quantitative estimate of drug-likeness (QED) is 0.358. The van der Waals surface area contributed by atoms with Gasteiger partial charge in [-0.2, -0.15) is 0 Å². The fourth-order valence-electron chi connectivity index (χ4n) is 6.96. The highest BCUT2D eigenvalue weighted by Crippen LogP contribution is 2.34. The third-order valence-electron chi connectivity index (χ3n) is 9.16. The zero-order valence-corrected chi connectivity index (χ0v) is 23.8. The molecular formula is C33H36N6O3. The zero-order valence-electron chi connectivity index (χ0n) is 23.8. The fourth-order valence-corrected chi connectivity index (χ4v) is 6.96. The van der Waals surface area contributed by atoms with Gasteiger partial charge in [0.1, 0.15) is 17.3 Å². The second-order valence-corrected chi connectivity index (χ2v) is 11.9. The highest BCUT2D eigenvalue weighted by Gasteiger charge is 2.43. The van der Waals surface area contributed by atoms with E-state index in [0.29, 0.717) is 26.1 Å². The Morgan fingerprint density at radius 3 is 2.83 bits per heavy atom. The lowest BCUT2D eigenvalue weighted by molar-refractivity contribution is -0.139. The standard InChI is InChI=1S/C33H36N6O3/c1-38-29-11-10-21(15-27(29)36-37-38)18-35-32(40)30-16-22(14-24-8-5-9-31-26(24)12-13-42-31)20-39(30)33(41)28-17-25(19-34-28)23-6-3-2-4-7-23/h2-11,15,22,25,28,30,34H,12-14,16-20H2,1H3,(H,35,40). The molecule has 4 heterocycles. The maximum Gasteiger partial charge on any atom is 0.243 e. The lowest BCUT2D eigenvalue weighted by atomic mass is 9.92. The van der Waals surface area contributed by atoms with Crippen molar-refractivity contribution in [3.05, 3.63) is 89.0 Å². The molecule has 2 N–H and O–H groups in total. The predicted octanol–water partition coefficient (Wildman–Crippen LogP) is 3.12. The number of carbonyl (C=O) groups is 2. The molecule has 2 amide bonds. The molecule has 3 aliphatic heterocycles. The van der Waals surface area contributed by atoms with E-state index in [1.807, 2.05) is 60.5 Å². The van der Waals surface area contributed by atoms with Crippen LogP contribution < -0.4 is 15.4 Å². The molecule has 0 radical (unpaired) electrons. The predicted molar refractivity (Wildman–Crippen MR) is 159 cm³/mol. The number of rotatable bonds is 7. The molecule has 2 saturated heterocycles. The second kappa shape index (κ2) is 11.2. The molecule has 2 fully saturated rings. The molecule has 216 valence electrons. The van der Waals surface area contributed by atoms with Crippen molar-refractivity contribution in [2.24, 2.45) is 13.0 Å². The van der Waals surface area contributed by atoms with E-state index in [1.54, 1.807) is 4.68 Å². The molecule has 0 bridgehead atoms. The molecule has 4 atom stereocenters. The second-order valence-electron chi connectivity index (χ2n) is 11.9. The summed E-state index contributed by atoms with van der Waals surface area (Å²) in [6.07, 6.45) is 3.11. The average molecular weight is 565 g/mol. The van der Waals surface area contributed by atoms with Gasteiger partial charge in [0.2, 0.25) is 11.8 Å². The van der Waals surface area contributed by atoms with Gasteiger partial charge < -0.3 is 20.3 Å². The normalized spacial score (nSPS) is 23.2. The Hall–Kier alpha value is -4.24. The van der Waals surface area contributed by atoms with Crippen molar-refractivity contribution >= 4 is 22.8 Å². The van der Waals surface area contributed by atoms with Crippen LogP contribution in [0.4, 0.5) is 0 Å². The molecule has 7 rings (SSSR count). The first-order valence-corrected chi connectivity index (χ1v) is 14.9. The maximum atomic E-state index is 14.0. The van der Waals surface area contributed by atoms with Gasteiger partial charge >= 0.3 is 0 Å². The third kappa shape index (κ3) is 5.13. The van der Waals surface area contributed by atoms with E-state index in [2.05, 4.69) is 39.1 Å². The van der Waals surface area contributed by atoms with E-state index in [1.165, 1.54) is 16.7 Å². The number of benzene rings is 3. The zero-order chi connectivity index (χ0) is 28.6. The van der Waals surface area contributed by atoms with Crippen molar-refractivity contribution in [3.63, 3.8) is 0 Å². The Morgan fingerprint density at radius 1 is 1.07 bits per heavy atom. The maximum absolute atomic E-state index is 14.0. The molecule has 0 spiro atoms. The lowest BCUT2D eigenvalue weighted by Crippen LogP contribution is -2.51. The number of fused-ring (bicyclic) bond motifs is 2. The van der Waals surface area contributed by atoms with Crippen LogP contribution >= 0.6 is 0 Å². The minimum absolute atomic E-state index is 0.0266. The van der Waals surface area contributed by atoms with Crippen LogP contribution in [-0.4, -0.2) is 63.5 Å². The van der Waals surface area contributed by atoms with Gasteiger partial charge in [0.25, 0.3) is 0 Å². The summed E-state index contributed by atoms with van der Waals surface area (Å²) in [7, 11) is 1.86. The van der Waals surface area contributed by atoms with Crippen LogP contribution in [0.2, 0.25) is 0 Å². The van der Waals surface area contributed by atoms with Crippen LogP contribution in [0.1, 0.15) is 41.0 Å². The van der Waals surface area contributed by atoms with E-state index in [4.69, 9.17) is 4.74 Å². The van der Waals surface area contributed by atoms with Crippen LogP contribution in [0.15, 0.2) is 66.7 Å². The van der Waals surface area contributed by atoms with Crippen molar-refractivity contribution < 1.29 is 14.3 Å². The molecule has 0 saturated carbocycles. The molecule has 3 aromatic carbocycles. The number of likely N-dealkylation sites (tertiary alicyclic amines) is 1. The van der Waals surface area contributed by atoms with Gasteiger partial charge in [-0.1, -0.05) is 53.7 Å². The minimum Gasteiger partial charge on any atom is -0.493 e. The minimum atomic E-state index is -0.506. The van der Waals surface area contributed by atoms with Crippen molar-refractivity contribution in [2.45, 2.75) is 50.2 Å². The molecule has 42 heavy (non-hydrogen) atoms. The first-order chi connectivity index (χ1) is 20.5. The van der Waals surface area contributed by atoms with Gasteiger partial charge in [-0.3, -0.25) is 9.59 Å². The summed E-state index contributed by atoms with van der Waals surface area (Å²) in [5, 5.41) is 14.9. The number of ether oxygens (including phenoxy) is 1. The van der Waals surface area contributed by atoms with Crippen LogP contribution in [0, 0.1) is 5.92 Å². The summed E-state index contributed by atoms with van der Waals surface area (Å²) < 4.78 is 7.52. The molecule has 1 aromatic heterocycles. The number of carbonyl (C=O) groups excluding carboxylic acids is 2. The molecular weight excluding hydrogens is 528 g/mol. The van der Waals surface area contributed by atoms with Gasteiger partial charge in [0.05, 0.1) is 18.2 Å². The molecule has 9 heteroatoms. The SMILES string of the molecule is Cn1nnc2cc(CNC(=O)C3CC(Cc4cccc5c4CCO5)CN3C(=O)C3CC(c4ccccc4)CN3)ccc21. The molecule has 9 nitrogen and oxygen atoms in total. The van der Waals surface area contributed by atoms with E-state index >= 15 is 0 Å². The van der Waals surface area contributed by atoms with E-state index in [0.717, 1.165) is 48.2 Å². The Labute approximate surface area is 245 Å². The van der Waals surface area contributed by atoms with Crippen LogP contribution in [0.25, 0.3) is 11.0 Å². The van der Waals surface area contributed by atoms with Gasteiger partial charge in [-0.25, -0.2) is 4.68 Å². The first kappa shape index (κ1) is 26.6. The third-order valence-corrected chi connectivity index (χ3v) is 9.16. The molecule has 4 unspecified atom stereocenters. The Morgan fingerprint density at radius 2 is 1.95 bits per heavy atom. The molecule has 4 aromatic rings. The van der Waals surface area contributed by atoms with Gasteiger partial charge in [0, 0.05) is 38.7 Å². The smallest absolute Gasteiger partial charge is 0.243 e. The van der Waals surface area contributed by atoms with E-state index in [-0.39, 0.29) is 29.7 Å². The van der Waals surface area contributed by atoms with Crippen molar-refractivity contribution in [3.8, 4) is 5.75 Å². The van der Waals surface area contributed by atoms with Gasteiger partial charge in [-0.05, 0) is 66.0 Å². The summed E-state index contributed by atoms with van der Waals surface area (Å²) >= 11 is 0. The number of hydrogen-bond acceptors (Lipinski definition) is 6. The van der Waals surface area contributed by atoms with Crippen LogP contribution in [-0.2, 0) is 36.0 Å². The number of hydrogen-bond donors (Lipinski definition) is 2. The summed E-state index contributed by atoms with van der Waals surface area (Å²) in [6.45, 7) is 2.41. The Kier molecular flexibility index (Phi) is 7.11. The van der Waals surface area contributed by atoms with Gasteiger partial charge in [-0.15, -0.1) is 5.10 Å². The number of amides is 2. The summed E-state index contributed by atoms with van der Waals surface area (Å²) in [5.74, 6) is 1.37. The summed E-state index contributed by atoms with van der Waals surface area (Å²) in [5.41, 5.74) is 6.47. The largest absolute Gasteiger partial charge is 0.493 e. The number of nitrogens with one attached hydrogen (secondary N) is 2. The van der Waals surface area contributed by atoms with Crippen LogP contribution in [0.3, 0.4) is 0 Å². The number of aromatic nitrogens is 3. The Balaban J connectivity index is 1.08. The van der Waals surface area contributed by atoms with Gasteiger partial charge in [0.15, 0.2) is 0 Å².